The van der Waals surface area contributed by atoms with E-state index < -0.39 is 11.6 Å². The lowest BCUT2D eigenvalue weighted by molar-refractivity contribution is 0.122. The molecule has 0 bridgehead atoms. The highest BCUT2D eigenvalue weighted by atomic mass is 19.2. The summed E-state index contributed by atoms with van der Waals surface area (Å²) in [6.45, 7) is 1.34. The van der Waals surface area contributed by atoms with Gasteiger partial charge in [-0.3, -0.25) is 0 Å². The third kappa shape index (κ3) is 2.72. The van der Waals surface area contributed by atoms with Crippen LogP contribution in [0.15, 0.2) is 12.1 Å². The number of likely N-dealkylation sites (tertiary alicyclic amines) is 1. The number of benzene rings is 1. The Morgan fingerprint density at radius 2 is 2.17 bits per heavy atom. The molecule has 5 heteroatoms. The average molecular weight is 256 g/mol. The summed E-state index contributed by atoms with van der Waals surface area (Å²) in [6.07, 6.45) is 3.32. The summed E-state index contributed by atoms with van der Waals surface area (Å²) < 4.78 is 32.0. The molecule has 0 radical (unpaired) electrons. The van der Waals surface area contributed by atoms with Crippen LogP contribution < -0.4 is 10.5 Å². The number of likely N-dealkylation sites (N-methyl/N-ethyl adjacent to an activating group) is 1. The van der Waals surface area contributed by atoms with Crippen molar-refractivity contribution in [2.24, 2.45) is 0 Å². The maximum absolute atomic E-state index is 13.5. The number of nitrogens with zero attached hydrogens (tertiary/aromatic N) is 1. The zero-order valence-electron chi connectivity index (χ0n) is 10.5. The van der Waals surface area contributed by atoms with Gasteiger partial charge in [0.15, 0.2) is 11.6 Å². The first kappa shape index (κ1) is 13.1. The van der Waals surface area contributed by atoms with Crippen LogP contribution in [0.3, 0.4) is 0 Å². The normalized spacial score (nSPS) is 20.9. The molecule has 2 rings (SSSR count). The molecule has 1 heterocycles. The number of hydrogen-bond donors (Lipinski definition) is 1. The van der Waals surface area contributed by atoms with Gasteiger partial charge in [0.2, 0.25) is 5.82 Å². The Morgan fingerprint density at radius 1 is 1.39 bits per heavy atom. The van der Waals surface area contributed by atoms with Crippen LogP contribution in [-0.2, 0) is 0 Å². The highest BCUT2D eigenvalue weighted by molar-refractivity contribution is 5.53. The monoisotopic (exact) mass is 256 g/mol. The first-order valence-corrected chi connectivity index (χ1v) is 6.16. The van der Waals surface area contributed by atoms with Gasteiger partial charge in [-0.05, 0) is 38.6 Å². The molecule has 1 saturated heterocycles. The van der Waals surface area contributed by atoms with E-state index >= 15 is 0 Å². The van der Waals surface area contributed by atoms with Crippen molar-refractivity contribution in [3.63, 3.8) is 0 Å². The number of ether oxygens (including phenoxy) is 1. The Hall–Kier alpha value is -1.36. The Labute approximate surface area is 106 Å². The van der Waals surface area contributed by atoms with Crippen LogP contribution in [0.5, 0.6) is 5.75 Å². The molecule has 2 N–H and O–H groups in total. The van der Waals surface area contributed by atoms with Crippen LogP contribution in [0, 0.1) is 11.6 Å². The van der Waals surface area contributed by atoms with E-state index in [0.29, 0.717) is 6.61 Å². The molecule has 0 saturated carbocycles. The van der Waals surface area contributed by atoms with Crippen molar-refractivity contribution in [1.29, 1.82) is 0 Å². The van der Waals surface area contributed by atoms with E-state index in [0.717, 1.165) is 25.5 Å². The summed E-state index contributed by atoms with van der Waals surface area (Å²) >= 11 is 0. The quantitative estimate of drug-likeness (QED) is 0.844. The molecule has 0 spiro atoms. The maximum atomic E-state index is 13.5. The van der Waals surface area contributed by atoms with Crippen molar-refractivity contribution in [2.75, 3.05) is 25.9 Å². The van der Waals surface area contributed by atoms with Crippen molar-refractivity contribution >= 4 is 5.69 Å². The van der Waals surface area contributed by atoms with E-state index in [1.165, 1.54) is 12.5 Å². The van der Waals surface area contributed by atoms with Crippen molar-refractivity contribution in [1.82, 2.24) is 4.90 Å². The van der Waals surface area contributed by atoms with Crippen molar-refractivity contribution in [3.8, 4) is 5.75 Å². The number of nitrogens with two attached hydrogens (primary N) is 1. The van der Waals surface area contributed by atoms with Gasteiger partial charge in [-0.1, -0.05) is 6.42 Å². The smallest absolute Gasteiger partial charge is 0.202 e. The fourth-order valence-corrected chi connectivity index (χ4v) is 2.23. The number of anilines is 1. The zero-order chi connectivity index (χ0) is 13.1. The maximum Gasteiger partial charge on any atom is 0.202 e. The lowest BCUT2D eigenvalue weighted by Crippen LogP contribution is -2.40. The summed E-state index contributed by atoms with van der Waals surface area (Å²) in [6, 6.07) is 2.56. The summed E-state index contributed by atoms with van der Waals surface area (Å²) in [5.41, 5.74) is 5.73. The summed E-state index contributed by atoms with van der Waals surface area (Å²) in [5.74, 6) is -2.11. The van der Waals surface area contributed by atoms with Gasteiger partial charge in [0.1, 0.15) is 6.61 Å². The second-order valence-electron chi connectivity index (χ2n) is 4.72. The van der Waals surface area contributed by atoms with E-state index in [1.807, 2.05) is 7.05 Å². The topological polar surface area (TPSA) is 38.5 Å². The fraction of sp³-hybridized carbons (Fsp3) is 0.538. The molecule has 1 aliphatic heterocycles. The summed E-state index contributed by atoms with van der Waals surface area (Å²) in [4.78, 5) is 2.18. The van der Waals surface area contributed by atoms with Crippen LogP contribution in [0.4, 0.5) is 14.5 Å². The SMILES string of the molecule is CN1CCCCC1COc1c(N)ccc(F)c1F. The number of rotatable bonds is 3. The minimum Gasteiger partial charge on any atom is -0.487 e. The van der Waals surface area contributed by atoms with Crippen LogP contribution in [0.25, 0.3) is 0 Å². The number of piperidine rings is 1. The molecule has 1 aromatic rings. The minimum atomic E-state index is -1.01. The standard InChI is InChI=1S/C13H18F2N2O/c1-17-7-3-2-4-9(17)8-18-13-11(16)6-5-10(14)12(13)15/h5-6,9H,2-4,7-8,16H2,1H3. The van der Waals surface area contributed by atoms with Gasteiger partial charge in [0.05, 0.1) is 5.69 Å². The average Bonchev–Trinajstić information content (AvgIpc) is 2.36. The predicted molar refractivity (Wildman–Crippen MR) is 66.5 cm³/mol. The van der Waals surface area contributed by atoms with Crippen molar-refractivity contribution < 1.29 is 13.5 Å². The van der Waals surface area contributed by atoms with Gasteiger partial charge < -0.3 is 15.4 Å². The molecule has 18 heavy (non-hydrogen) atoms. The molecule has 1 atom stereocenters. The molecule has 1 aromatic carbocycles. The van der Waals surface area contributed by atoms with Crippen LogP contribution in [0.2, 0.25) is 0 Å². The lowest BCUT2D eigenvalue weighted by atomic mass is 10.0. The molecular weight excluding hydrogens is 238 g/mol. The van der Waals surface area contributed by atoms with Crippen LogP contribution in [-0.4, -0.2) is 31.1 Å². The van der Waals surface area contributed by atoms with Gasteiger partial charge in [-0.15, -0.1) is 0 Å². The summed E-state index contributed by atoms with van der Waals surface area (Å²) in [5, 5.41) is 0. The van der Waals surface area contributed by atoms with Crippen molar-refractivity contribution in [2.45, 2.75) is 25.3 Å². The van der Waals surface area contributed by atoms with Gasteiger partial charge in [-0.25, -0.2) is 4.39 Å². The Bertz CT molecular complexity index is 426. The molecule has 1 fully saturated rings. The minimum absolute atomic E-state index is 0.132. The molecule has 1 aliphatic rings. The second kappa shape index (κ2) is 5.52. The van der Waals surface area contributed by atoms with Crippen molar-refractivity contribution in [3.05, 3.63) is 23.8 Å². The molecule has 100 valence electrons. The first-order valence-electron chi connectivity index (χ1n) is 6.16. The second-order valence-corrected chi connectivity index (χ2v) is 4.72. The number of nitrogen functional groups attached to an aromatic ring is 1. The highest BCUT2D eigenvalue weighted by Crippen LogP contribution is 2.28. The molecular formula is C13H18F2N2O. The van der Waals surface area contributed by atoms with Gasteiger partial charge >= 0.3 is 0 Å². The lowest BCUT2D eigenvalue weighted by Gasteiger charge is -2.32. The van der Waals surface area contributed by atoms with E-state index in [4.69, 9.17) is 10.5 Å². The Morgan fingerprint density at radius 3 is 2.89 bits per heavy atom. The molecule has 0 aromatic heterocycles. The van der Waals surface area contributed by atoms with Crippen LogP contribution >= 0.6 is 0 Å². The Balaban J connectivity index is 2.03. The van der Waals surface area contributed by atoms with Gasteiger partial charge in [-0.2, -0.15) is 4.39 Å². The zero-order valence-corrected chi connectivity index (χ0v) is 10.5. The number of hydrogen-bond acceptors (Lipinski definition) is 3. The van der Waals surface area contributed by atoms with E-state index in [9.17, 15) is 8.78 Å². The van der Waals surface area contributed by atoms with E-state index in [1.54, 1.807) is 0 Å². The Kier molecular flexibility index (Phi) is 4.01. The van der Waals surface area contributed by atoms with E-state index in [-0.39, 0.29) is 17.5 Å². The fourth-order valence-electron chi connectivity index (χ4n) is 2.23. The summed E-state index contributed by atoms with van der Waals surface area (Å²) in [7, 11) is 2.01. The molecule has 3 nitrogen and oxygen atoms in total. The first-order chi connectivity index (χ1) is 8.59. The molecule has 0 amide bonds. The van der Waals surface area contributed by atoms with Gasteiger partial charge in [0.25, 0.3) is 0 Å². The largest absolute Gasteiger partial charge is 0.487 e. The third-order valence-electron chi connectivity index (χ3n) is 3.42. The number of halogens is 2. The predicted octanol–water partition coefficient (Wildman–Crippen LogP) is 2.41. The van der Waals surface area contributed by atoms with E-state index in [2.05, 4.69) is 4.90 Å². The van der Waals surface area contributed by atoms with Crippen LogP contribution in [0.1, 0.15) is 19.3 Å². The highest BCUT2D eigenvalue weighted by Gasteiger charge is 2.21. The molecule has 0 aliphatic carbocycles. The van der Waals surface area contributed by atoms with Gasteiger partial charge in [0, 0.05) is 6.04 Å². The molecule has 1 unspecified atom stereocenters. The third-order valence-corrected chi connectivity index (χ3v) is 3.42.